The van der Waals surface area contributed by atoms with Crippen molar-refractivity contribution in [2.24, 2.45) is 0 Å². The Kier molecular flexibility index (Phi) is 6.90. The van der Waals surface area contributed by atoms with Crippen LogP contribution in [0.1, 0.15) is 47.5 Å². The Morgan fingerprint density at radius 1 is 1.00 bits per heavy atom. The van der Waals surface area contributed by atoms with Crippen molar-refractivity contribution >= 4 is 0 Å². The first-order valence-corrected chi connectivity index (χ1v) is 9.69. The van der Waals surface area contributed by atoms with Crippen LogP contribution in [0.15, 0.2) is 0 Å². The predicted molar refractivity (Wildman–Crippen MR) is 100 cm³/mol. The number of likely N-dealkylation sites (N-methyl/N-ethyl adjacent to an activating group) is 2. The molecule has 2 aliphatic heterocycles. The highest BCUT2D eigenvalue weighted by Crippen LogP contribution is 2.21. The lowest BCUT2D eigenvalue weighted by Crippen LogP contribution is -2.58. The normalized spacial score (nSPS) is 31.8. The third-order valence-electron chi connectivity index (χ3n) is 6.31. The highest BCUT2D eigenvalue weighted by Gasteiger charge is 2.32. The molecule has 4 nitrogen and oxygen atoms in total. The van der Waals surface area contributed by atoms with Crippen molar-refractivity contribution in [1.29, 1.82) is 0 Å². The van der Waals surface area contributed by atoms with Crippen LogP contribution >= 0.6 is 0 Å². The van der Waals surface area contributed by atoms with Crippen LogP contribution in [0.2, 0.25) is 0 Å². The molecule has 0 unspecified atom stereocenters. The zero-order valence-electron chi connectivity index (χ0n) is 16.6. The summed E-state index contributed by atoms with van der Waals surface area (Å²) >= 11 is 0. The summed E-state index contributed by atoms with van der Waals surface area (Å²) in [5, 5.41) is 0. The molecule has 0 aromatic heterocycles. The van der Waals surface area contributed by atoms with Gasteiger partial charge in [-0.3, -0.25) is 14.7 Å². The SMILES string of the molecule is CC(C)N1CC[C@@H](N(C)CC[C@H]2CN(C(C)C)C[C@H](C)N2C)C1. The summed E-state index contributed by atoms with van der Waals surface area (Å²) in [4.78, 5) is 10.5. The van der Waals surface area contributed by atoms with Gasteiger partial charge in [0.25, 0.3) is 0 Å². The van der Waals surface area contributed by atoms with Gasteiger partial charge in [-0.2, -0.15) is 0 Å². The molecule has 23 heavy (non-hydrogen) atoms. The fourth-order valence-electron chi connectivity index (χ4n) is 4.15. The molecule has 3 atom stereocenters. The maximum atomic E-state index is 2.66. The summed E-state index contributed by atoms with van der Waals surface area (Å²) in [6.45, 7) is 17.9. The molecule has 2 fully saturated rings. The van der Waals surface area contributed by atoms with Crippen LogP contribution in [0.5, 0.6) is 0 Å². The van der Waals surface area contributed by atoms with Crippen LogP contribution in [0.4, 0.5) is 0 Å². The van der Waals surface area contributed by atoms with Gasteiger partial charge >= 0.3 is 0 Å². The van der Waals surface area contributed by atoms with Gasteiger partial charge < -0.3 is 4.90 Å². The average molecular weight is 325 g/mol. The van der Waals surface area contributed by atoms with Gasteiger partial charge in [-0.1, -0.05) is 0 Å². The highest BCUT2D eigenvalue weighted by atomic mass is 15.3. The van der Waals surface area contributed by atoms with E-state index in [0.29, 0.717) is 24.2 Å². The molecule has 0 spiro atoms. The van der Waals surface area contributed by atoms with Crippen molar-refractivity contribution in [3.05, 3.63) is 0 Å². The Morgan fingerprint density at radius 2 is 1.65 bits per heavy atom. The van der Waals surface area contributed by atoms with E-state index in [9.17, 15) is 0 Å². The van der Waals surface area contributed by atoms with Gasteiger partial charge in [0.15, 0.2) is 0 Å². The van der Waals surface area contributed by atoms with Gasteiger partial charge in [0.1, 0.15) is 0 Å². The third-order valence-corrected chi connectivity index (χ3v) is 6.31. The van der Waals surface area contributed by atoms with E-state index in [1.165, 1.54) is 45.6 Å². The van der Waals surface area contributed by atoms with E-state index in [-0.39, 0.29) is 0 Å². The molecule has 2 heterocycles. The van der Waals surface area contributed by atoms with Crippen LogP contribution in [-0.2, 0) is 0 Å². The largest absolute Gasteiger partial charge is 0.302 e. The van der Waals surface area contributed by atoms with Crippen LogP contribution in [0.3, 0.4) is 0 Å². The fourth-order valence-corrected chi connectivity index (χ4v) is 4.15. The monoisotopic (exact) mass is 324 g/mol. The first kappa shape index (κ1) is 19.2. The number of likely N-dealkylation sites (tertiary alicyclic amines) is 1. The Bertz CT molecular complexity index is 357. The Labute approximate surface area is 144 Å². The Balaban J connectivity index is 1.82. The van der Waals surface area contributed by atoms with Gasteiger partial charge in [-0.15, -0.1) is 0 Å². The topological polar surface area (TPSA) is 13.0 Å². The molecule has 4 heteroatoms. The lowest BCUT2D eigenvalue weighted by atomic mass is 10.0. The maximum absolute atomic E-state index is 2.66. The summed E-state index contributed by atoms with van der Waals surface area (Å²) in [5.74, 6) is 0. The summed E-state index contributed by atoms with van der Waals surface area (Å²) < 4.78 is 0. The Hall–Kier alpha value is -0.160. The van der Waals surface area contributed by atoms with E-state index >= 15 is 0 Å². The predicted octanol–water partition coefficient (Wildman–Crippen LogP) is 2.20. The molecule has 0 aromatic rings. The van der Waals surface area contributed by atoms with E-state index in [0.717, 1.165) is 6.04 Å². The summed E-state index contributed by atoms with van der Waals surface area (Å²) in [5.41, 5.74) is 0. The van der Waals surface area contributed by atoms with E-state index in [1.54, 1.807) is 0 Å². The van der Waals surface area contributed by atoms with E-state index < -0.39 is 0 Å². The lowest BCUT2D eigenvalue weighted by Gasteiger charge is -2.46. The quantitative estimate of drug-likeness (QED) is 0.742. The van der Waals surface area contributed by atoms with Crippen molar-refractivity contribution in [2.45, 2.75) is 77.7 Å². The highest BCUT2D eigenvalue weighted by molar-refractivity contribution is 4.88. The zero-order valence-corrected chi connectivity index (χ0v) is 16.6. The Morgan fingerprint density at radius 3 is 2.22 bits per heavy atom. The van der Waals surface area contributed by atoms with Crippen molar-refractivity contribution in [2.75, 3.05) is 46.8 Å². The molecule has 2 saturated heterocycles. The molecule has 0 saturated carbocycles. The second kappa shape index (κ2) is 8.28. The maximum Gasteiger partial charge on any atom is 0.0235 e. The first-order chi connectivity index (χ1) is 10.8. The molecule has 0 bridgehead atoms. The second-order valence-electron chi connectivity index (χ2n) is 8.52. The summed E-state index contributed by atoms with van der Waals surface area (Å²) in [6.07, 6.45) is 2.63. The van der Waals surface area contributed by atoms with Gasteiger partial charge in [0.2, 0.25) is 0 Å². The van der Waals surface area contributed by atoms with E-state index in [1.807, 2.05) is 0 Å². The summed E-state index contributed by atoms with van der Waals surface area (Å²) in [7, 11) is 4.66. The first-order valence-electron chi connectivity index (χ1n) is 9.69. The summed E-state index contributed by atoms with van der Waals surface area (Å²) in [6, 6.07) is 3.49. The molecule has 0 radical (unpaired) electrons. The van der Waals surface area contributed by atoms with E-state index in [2.05, 4.69) is 68.3 Å². The average Bonchev–Trinajstić information content (AvgIpc) is 2.98. The smallest absolute Gasteiger partial charge is 0.0235 e. The molecule has 0 aromatic carbocycles. The minimum absolute atomic E-state index is 0.667. The van der Waals surface area contributed by atoms with Crippen molar-refractivity contribution in [3.63, 3.8) is 0 Å². The molecule has 2 rings (SSSR count). The number of hydrogen-bond donors (Lipinski definition) is 0. The molecule has 0 amide bonds. The van der Waals surface area contributed by atoms with Crippen LogP contribution in [-0.4, -0.2) is 96.6 Å². The zero-order chi connectivity index (χ0) is 17.1. The van der Waals surface area contributed by atoms with Crippen LogP contribution < -0.4 is 0 Å². The molecule has 0 aliphatic carbocycles. The number of hydrogen-bond acceptors (Lipinski definition) is 4. The standard InChI is InChI=1S/C19H40N4/c1-15(2)22-11-9-18(13-22)20(6)10-8-19-14-23(16(3)4)12-17(5)21(19)7/h15-19H,8-14H2,1-7H3/t17-,18+,19-/m0/s1. The third kappa shape index (κ3) is 4.91. The van der Waals surface area contributed by atoms with Crippen molar-refractivity contribution in [1.82, 2.24) is 19.6 Å². The number of rotatable bonds is 6. The van der Waals surface area contributed by atoms with Gasteiger partial charge in [-0.05, 0) is 68.1 Å². The van der Waals surface area contributed by atoms with E-state index in [4.69, 9.17) is 0 Å². The molecule has 136 valence electrons. The molecule has 0 N–H and O–H groups in total. The minimum atomic E-state index is 0.667. The number of piperazine rings is 1. The van der Waals surface area contributed by atoms with Crippen molar-refractivity contribution < 1.29 is 0 Å². The van der Waals surface area contributed by atoms with Gasteiger partial charge in [0, 0.05) is 56.4 Å². The van der Waals surface area contributed by atoms with Gasteiger partial charge in [-0.25, -0.2) is 0 Å². The van der Waals surface area contributed by atoms with Crippen LogP contribution in [0.25, 0.3) is 0 Å². The van der Waals surface area contributed by atoms with Gasteiger partial charge in [0.05, 0.1) is 0 Å². The molecular formula is C19H40N4. The minimum Gasteiger partial charge on any atom is -0.302 e. The molecular weight excluding hydrogens is 284 g/mol. The van der Waals surface area contributed by atoms with Crippen molar-refractivity contribution in [3.8, 4) is 0 Å². The van der Waals surface area contributed by atoms with Crippen LogP contribution in [0, 0.1) is 0 Å². The molecule has 2 aliphatic rings. The fraction of sp³-hybridized carbons (Fsp3) is 1.00. The lowest BCUT2D eigenvalue weighted by molar-refractivity contribution is 0.0261. The second-order valence-corrected chi connectivity index (χ2v) is 8.52. The number of nitrogens with zero attached hydrogens (tertiary/aromatic N) is 4.